The van der Waals surface area contributed by atoms with Crippen LogP contribution in [0.2, 0.25) is 0 Å². The Bertz CT molecular complexity index is 3140. The van der Waals surface area contributed by atoms with Crippen LogP contribution in [0.4, 0.5) is 0 Å². The van der Waals surface area contributed by atoms with E-state index in [9.17, 15) is 20.0 Å². The number of nitrogens with zero attached hydrogens (tertiary/aromatic N) is 3. The number of aromatic hydroxyl groups is 1. The third-order valence-electron chi connectivity index (χ3n) is 15.0. The van der Waals surface area contributed by atoms with E-state index in [0.29, 0.717) is 64.5 Å². The normalized spacial score (nSPS) is 24.9. The molecule has 7 aliphatic rings. The van der Waals surface area contributed by atoms with E-state index in [1.807, 2.05) is 81.6 Å². The number of ether oxygens (including phenoxy) is 7. The molecule has 1 spiro atoms. The minimum absolute atomic E-state index is 0.0480. The predicted molar refractivity (Wildman–Crippen MR) is 267 cm³/mol. The molecule has 2 saturated heterocycles. The van der Waals surface area contributed by atoms with E-state index in [2.05, 4.69) is 27.3 Å². The number of nitrogens with one attached hydrogen (secondary N) is 1. The van der Waals surface area contributed by atoms with Crippen molar-refractivity contribution in [1.29, 1.82) is 5.26 Å². The summed E-state index contributed by atoms with van der Waals surface area (Å²) in [4.78, 5) is 47.8. The third-order valence-corrected chi connectivity index (χ3v) is 16.5. The van der Waals surface area contributed by atoms with Crippen molar-refractivity contribution in [2.45, 2.75) is 67.7 Å². The van der Waals surface area contributed by atoms with Gasteiger partial charge in [0.05, 0.1) is 37.6 Å². The summed E-state index contributed by atoms with van der Waals surface area (Å²) >= 11 is 1.45. The Morgan fingerprint density at radius 3 is 2.21 bits per heavy atom. The average molecular weight is 989 g/mol. The summed E-state index contributed by atoms with van der Waals surface area (Å²) in [6.45, 7) is 3.77. The zero-order valence-corrected chi connectivity index (χ0v) is 41.1. The number of rotatable bonds is 8. The average Bonchev–Trinajstić information content (AvgIpc) is 3.88. The summed E-state index contributed by atoms with van der Waals surface area (Å²) < 4.78 is 43.9. The van der Waals surface area contributed by atoms with Gasteiger partial charge in [-0.1, -0.05) is 66.7 Å². The summed E-state index contributed by atoms with van der Waals surface area (Å²) in [7, 11) is 5.00. The number of esters is 3. The Balaban J connectivity index is 1.14. The smallest absolute Gasteiger partial charge is 0.336 e. The molecule has 72 heavy (non-hydrogen) atoms. The second-order valence-corrected chi connectivity index (χ2v) is 19.9. The minimum Gasteiger partial charge on any atom is -0.504 e. The third kappa shape index (κ3) is 7.65. The first-order valence-corrected chi connectivity index (χ1v) is 24.9. The van der Waals surface area contributed by atoms with Gasteiger partial charge in [-0.05, 0) is 91.4 Å². The zero-order chi connectivity index (χ0) is 50.0. The van der Waals surface area contributed by atoms with Crippen molar-refractivity contribution in [3.8, 4) is 46.3 Å². The molecular weight excluding hydrogens is 937 g/mol. The zero-order valence-electron chi connectivity index (χ0n) is 40.3. The molecule has 1 unspecified atom stereocenters. The highest BCUT2D eigenvalue weighted by atomic mass is 32.2. The Labute approximate surface area is 420 Å². The number of methoxy groups -OCH3 is 2. The second-order valence-electron chi connectivity index (χ2n) is 18.8. The van der Waals surface area contributed by atoms with Crippen LogP contribution < -0.4 is 33.7 Å². The highest BCUT2D eigenvalue weighted by molar-refractivity contribution is 7.99. The molecule has 16 heteroatoms. The lowest BCUT2D eigenvalue weighted by molar-refractivity contribution is -0.157. The van der Waals surface area contributed by atoms with Crippen LogP contribution >= 0.6 is 11.8 Å². The summed E-state index contributed by atoms with van der Waals surface area (Å²) in [5.41, 5.74) is 5.65. The van der Waals surface area contributed by atoms with Crippen LogP contribution in [0, 0.1) is 25.2 Å². The number of fused-ring (bicyclic) bond motifs is 9. The number of piperazine rings is 1. The number of aryl methyl sites for hydroxylation is 1. The number of carbonyl (C=O) groups excluding carboxylic acids is 3. The van der Waals surface area contributed by atoms with E-state index < -0.39 is 52.9 Å². The molecule has 7 atom stereocenters. The van der Waals surface area contributed by atoms with E-state index in [-0.39, 0.29) is 48.2 Å². The number of carbonyl (C=O) groups is 3. The Morgan fingerprint density at radius 1 is 0.861 bits per heavy atom. The quantitative estimate of drug-likeness (QED) is 0.0882. The van der Waals surface area contributed by atoms with E-state index in [1.165, 1.54) is 31.0 Å². The van der Waals surface area contributed by atoms with E-state index in [0.717, 1.165) is 27.8 Å². The van der Waals surface area contributed by atoms with Crippen molar-refractivity contribution in [3.05, 3.63) is 147 Å². The molecule has 0 aliphatic carbocycles. The summed E-state index contributed by atoms with van der Waals surface area (Å²) in [6, 6.07) is 23.7. The van der Waals surface area contributed by atoms with Crippen LogP contribution in [0.1, 0.15) is 73.0 Å². The van der Waals surface area contributed by atoms with Crippen molar-refractivity contribution >= 4 is 41.8 Å². The first-order chi connectivity index (χ1) is 35.0. The fourth-order valence-corrected chi connectivity index (χ4v) is 13.5. The molecule has 0 saturated carbocycles. The van der Waals surface area contributed by atoms with Gasteiger partial charge in [0.1, 0.15) is 18.4 Å². The largest absolute Gasteiger partial charge is 0.504 e. The van der Waals surface area contributed by atoms with Gasteiger partial charge in [0.25, 0.3) is 0 Å². The lowest BCUT2D eigenvalue weighted by Gasteiger charge is -2.62. The number of likely N-dealkylation sites (N-methyl/N-ethyl adjacent to an activating group) is 1. The second kappa shape index (κ2) is 18.7. The van der Waals surface area contributed by atoms with Crippen LogP contribution in [-0.4, -0.2) is 97.9 Å². The van der Waals surface area contributed by atoms with E-state index >= 15 is 4.79 Å². The standard InChI is InChI=1S/C56H52N4O11S/c1-30-22-35-23-37-38(26-57)60-39-27-67-55(64)56(36-25-41(65-4)40(61)24-34(36)20-21-58-56)28-72-54(46-45(39)52-51(68-29-69-52)31(2)50(46)70-42(62)18-16-32-12-8-6-9-13-32)48(60)47(59(37)3)44(35)53(49(30)66-5)71-43(63)19-17-33-14-10-7-11-15-33/h6-19,22,24-25,37-39,47-48,54,58,61H,20-21,23,27-29H2,1-5H3/b18-16+,19-17+/t37-,38+,39-,47-,48?,54-,56-/m1/s1. The lowest BCUT2D eigenvalue weighted by atomic mass is 9.71. The van der Waals surface area contributed by atoms with Crippen molar-refractivity contribution in [1.82, 2.24) is 15.1 Å². The number of phenolic OH excluding ortho intramolecular Hbond substituents is 1. The number of nitriles is 1. The van der Waals surface area contributed by atoms with Crippen LogP contribution in [0.3, 0.4) is 0 Å². The van der Waals surface area contributed by atoms with Crippen molar-refractivity contribution in [3.63, 3.8) is 0 Å². The van der Waals surface area contributed by atoms with Gasteiger partial charge >= 0.3 is 17.9 Å². The van der Waals surface area contributed by atoms with Crippen LogP contribution in [0.15, 0.2) is 91.0 Å². The maximum Gasteiger partial charge on any atom is 0.336 e. The molecule has 7 aliphatic heterocycles. The Kier molecular flexibility index (Phi) is 12.2. The van der Waals surface area contributed by atoms with Crippen molar-refractivity contribution in [2.24, 2.45) is 0 Å². The molecule has 0 aromatic heterocycles. The predicted octanol–water partition coefficient (Wildman–Crippen LogP) is 7.59. The van der Waals surface area contributed by atoms with E-state index in [1.54, 1.807) is 31.4 Å². The van der Waals surface area contributed by atoms with Crippen molar-refractivity contribution in [2.75, 3.05) is 47.0 Å². The highest BCUT2D eigenvalue weighted by Crippen LogP contribution is 2.65. The van der Waals surface area contributed by atoms with Crippen molar-refractivity contribution < 1.29 is 52.6 Å². The first-order valence-electron chi connectivity index (χ1n) is 23.9. The van der Waals surface area contributed by atoms with Crippen LogP contribution in [-0.2, 0) is 37.5 Å². The summed E-state index contributed by atoms with van der Waals surface area (Å²) in [5, 5.41) is 25.3. The molecule has 368 valence electrons. The lowest BCUT2D eigenvalue weighted by Crippen LogP contribution is -2.69. The number of hydrogen-bond acceptors (Lipinski definition) is 16. The summed E-state index contributed by atoms with van der Waals surface area (Å²) in [5.74, 6) is 0.163. The number of phenols is 1. The molecule has 7 heterocycles. The van der Waals surface area contributed by atoms with Gasteiger partial charge in [-0.3, -0.25) is 15.1 Å². The molecule has 5 aromatic carbocycles. The maximum absolute atomic E-state index is 15.2. The van der Waals surface area contributed by atoms with Gasteiger partial charge in [-0.25, -0.2) is 14.4 Å². The molecule has 4 bridgehead atoms. The van der Waals surface area contributed by atoms with Gasteiger partial charge in [-0.2, -0.15) is 5.26 Å². The molecule has 12 rings (SSSR count). The highest BCUT2D eigenvalue weighted by Gasteiger charge is 2.62. The molecule has 0 radical (unpaired) electrons. The molecular formula is C56H52N4O11S. The first kappa shape index (κ1) is 47.1. The SMILES string of the molecule is COc1cc2c(cc1O)CCN[C@]21CS[C@@H]2c3c(OC(=O)/C=C/c4ccccc4)c(C)c4c(c3[C@@H](COC1=O)N1C2[C@H]2c3c(cc(C)c(OC)c3OC(=O)/C=C/c3ccccc3)C[C@H]([C@@H]1C#N)N2C)OCO4. The Morgan fingerprint density at radius 2 is 1.54 bits per heavy atom. The van der Waals surface area contributed by atoms with Gasteiger partial charge in [0.2, 0.25) is 6.79 Å². The molecule has 5 aromatic rings. The molecule has 2 fully saturated rings. The van der Waals surface area contributed by atoms with Gasteiger partial charge in [0, 0.05) is 58.8 Å². The number of hydrogen-bond donors (Lipinski definition) is 2. The molecule has 2 N–H and O–H groups in total. The van der Waals surface area contributed by atoms with Crippen LogP contribution in [0.25, 0.3) is 12.2 Å². The summed E-state index contributed by atoms with van der Waals surface area (Å²) in [6.07, 6.45) is 7.10. The Hall–Kier alpha value is -7.29. The van der Waals surface area contributed by atoms with E-state index in [4.69, 9.17) is 33.2 Å². The molecule has 15 nitrogen and oxygen atoms in total. The topological polar surface area (TPSA) is 178 Å². The maximum atomic E-state index is 15.2. The number of benzene rings is 5. The monoisotopic (exact) mass is 988 g/mol. The van der Waals surface area contributed by atoms with Gasteiger partial charge in [-0.15, -0.1) is 11.8 Å². The fourth-order valence-electron chi connectivity index (χ4n) is 11.8. The fraction of sp³-hybridized carbons (Fsp3) is 0.321. The van der Waals surface area contributed by atoms with Gasteiger partial charge in [0.15, 0.2) is 40.0 Å². The van der Waals surface area contributed by atoms with Gasteiger partial charge < -0.3 is 38.3 Å². The minimum atomic E-state index is -1.45. The van der Waals surface area contributed by atoms with Crippen LogP contribution in [0.5, 0.6) is 40.2 Å². The molecule has 0 amide bonds. The number of thioether (sulfide) groups is 1.